The summed E-state index contributed by atoms with van der Waals surface area (Å²) in [6.45, 7) is 3.68. The summed E-state index contributed by atoms with van der Waals surface area (Å²) in [5, 5.41) is 9.43. The Bertz CT molecular complexity index is 819. The van der Waals surface area contributed by atoms with E-state index in [1.165, 1.54) is 0 Å². The first-order chi connectivity index (χ1) is 14.0. The summed E-state index contributed by atoms with van der Waals surface area (Å²) >= 11 is 0. The highest BCUT2D eigenvalue weighted by Gasteiger charge is 2.39. The van der Waals surface area contributed by atoms with Gasteiger partial charge in [-0.05, 0) is 43.0 Å². The summed E-state index contributed by atoms with van der Waals surface area (Å²) in [5.41, 5.74) is 2.65. The van der Waals surface area contributed by atoms with E-state index < -0.39 is 6.04 Å². The van der Waals surface area contributed by atoms with E-state index in [-0.39, 0.29) is 29.7 Å². The largest absolute Gasteiger partial charge is 0.385 e. The first-order valence-electron chi connectivity index (χ1n) is 10.2. The molecule has 2 unspecified atom stereocenters. The van der Waals surface area contributed by atoms with Crippen molar-refractivity contribution in [2.75, 3.05) is 26.8 Å². The number of fused-ring (bicyclic) bond motifs is 1. The lowest BCUT2D eigenvalue weighted by molar-refractivity contribution is -0.136. The molecule has 1 aromatic rings. The van der Waals surface area contributed by atoms with E-state index in [4.69, 9.17) is 4.74 Å². The highest BCUT2D eigenvalue weighted by molar-refractivity contribution is 6.05. The normalized spacial score (nSPS) is 26.7. The molecule has 0 aromatic heterocycles. The standard InChI is InChI=1S/C21H28N4O4/c1-29-9-7-21(6-8-22-13-21)23-11-14-2-3-15-12-25(20(28)16(15)10-14)17-4-5-18(26)24-19(17)27/h2-3,10,17,22-23H,4-9,11-13H2,1H3,(H,24,26,27). The van der Waals surface area contributed by atoms with Gasteiger partial charge < -0.3 is 20.3 Å². The van der Waals surface area contributed by atoms with Gasteiger partial charge in [0.05, 0.1) is 0 Å². The van der Waals surface area contributed by atoms with Crippen LogP contribution in [0.1, 0.15) is 47.2 Å². The van der Waals surface area contributed by atoms with Crippen molar-refractivity contribution in [2.45, 2.75) is 50.4 Å². The number of hydrogen-bond donors (Lipinski definition) is 3. The third-order valence-electron chi connectivity index (χ3n) is 6.29. The van der Waals surface area contributed by atoms with Gasteiger partial charge in [0.15, 0.2) is 0 Å². The number of carbonyl (C=O) groups is 3. The summed E-state index contributed by atoms with van der Waals surface area (Å²) in [5.74, 6) is -0.779. The number of hydrogen-bond acceptors (Lipinski definition) is 6. The zero-order chi connectivity index (χ0) is 20.4. The first kappa shape index (κ1) is 20.0. The van der Waals surface area contributed by atoms with Gasteiger partial charge >= 0.3 is 0 Å². The van der Waals surface area contributed by atoms with Gasteiger partial charge in [-0.1, -0.05) is 12.1 Å². The Labute approximate surface area is 170 Å². The number of carbonyl (C=O) groups excluding carboxylic acids is 3. The molecule has 0 spiro atoms. The molecule has 3 N–H and O–H groups in total. The smallest absolute Gasteiger partial charge is 0.255 e. The van der Waals surface area contributed by atoms with Crippen LogP contribution in [0.2, 0.25) is 0 Å². The quantitative estimate of drug-likeness (QED) is 0.570. The summed E-state index contributed by atoms with van der Waals surface area (Å²) in [6, 6.07) is 5.38. The number of piperidine rings is 1. The lowest BCUT2D eigenvalue weighted by Crippen LogP contribution is -2.52. The Kier molecular flexibility index (Phi) is 5.67. The van der Waals surface area contributed by atoms with Crippen molar-refractivity contribution in [3.05, 3.63) is 34.9 Å². The molecule has 0 aliphatic carbocycles. The molecule has 3 amide bonds. The summed E-state index contributed by atoms with van der Waals surface area (Å²) in [7, 11) is 1.72. The van der Waals surface area contributed by atoms with Gasteiger partial charge in [0.1, 0.15) is 6.04 Å². The second kappa shape index (κ2) is 8.22. The maximum absolute atomic E-state index is 13.0. The molecule has 0 bridgehead atoms. The van der Waals surface area contributed by atoms with Crippen molar-refractivity contribution in [2.24, 2.45) is 0 Å². The molecule has 8 nitrogen and oxygen atoms in total. The molecule has 1 aromatic carbocycles. The molecular formula is C21H28N4O4. The highest BCUT2D eigenvalue weighted by Crippen LogP contribution is 2.28. The van der Waals surface area contributed by atoms with Crippen LogP contribution in [0.25, 0.3) is 0 Å². The Morgan fingerprint density at radius 2 is 2.17 bits per heavy atom. The number of nitrogens with one attached hydrogen (secondary N) is 3. The van der Waals surface area contributed by atoms with E-state index in [1.807, 2.05) is 18.2 Å². The predicted octanol–water partition coefficient (Wildman–Crippen LogP) is 0.306. The van der Waals surface area contributed by atoms with Crippen LogP contribution in [0.4, 0.5) is 0 Å². The Balaban J connectivity index is 1.44. The van der Waals surface area contributed by atoms with Crippen LogP contribution in [0, 0.1) is 0 Å². The van der Waals surface area contributed by atoms with E-state index in [9.17, 15) is 14.4 Å². The molecule has 3 heterocycles. The highest BCUT2D eigenvalue weighted by atomic mass is 16.5. The molecule has 8 heteroatoms. The number of rotatable bonds is 7. The molecule has 0 saturated carbocycles. The van der Waals surface area contributed by atoms with Crippen LogP contribution in [0.5, 0.6) is 0 Å². The van der Waals surface area contributed by atoms with Gasteiger partial charge in [-0.2, -0.15) is 0 Å². The van der Waals surface area contributed by atoms with E-state index in [1.54, 1.807) is 12.0 Å². The monoisotopic (exact) mass is 400 g/mol. The molecule has 4 rings (SSSR count). The van der Waals surface area contributed by atoms with Gasteiger partial charge in [0.2, 0.25) is 11.8 Å². The number of methoxy groups -OCH3 is 1. The van der Waals surface area contributed by atoms with Gasteiger partial charge in [-0.25, -0.2) is 0 Å². The molecule has 0 radical (unpaired) electrons. The number of amides is 3. The van der Waals surface area contributed by atoms with Gasteiger partial charge in [0, 0.05) is 50.9 Å². The summed E-state index contributed by atoms with van der Waals surface area (Å²) in [6.07, 6.45) is 2.63. The average Bonchev–Trinajstić information content (AvgIpc) is 3.30. The third-order valence-corrected chi connectivity index (χ3v) is 6.29. The maximum Gasteiger partial charge on any atom is 0.255 e. The van der Waals surface area contributed by atoms with Crippen LogP contribution in [0.15, 0.2) is 18.2 Å². The molecule has 156 valence electrons. The fourth-order valence-electron chi connectivity index (χ4n) is 4.50. The molecule has 2 saturated heterocycles. The van der Waals surface area contributed by atoms with Crippen LogP contribution < -0.4 is 16.0 Å². The van der Waals surface area contributed by atoms with Crippen molar-refractivity contribution in [1.82, 2.24) is 20.9 Å². The zero-order valence-corrected chi connectivity index (χ0v) is 16.8. The first-order valence-corrected chi connectivity index (χ1v) is 10.2. The second-order valence-corrected chi connectivity index (χ2v) is 8.19. The lowest BCUT2D eigenvalue weighted by Gasteiger charge is -2.30. The molecule has 3 aliphatic rings. The average molecular weight is 400 g/mol. The number of benzene rings is 1. The van der Waals surface area contributed by atoms with E-state index >= 15 is 0 Å². The minimum atomic E-state index is -0.573. The molecule has 2 atom stereocenters. The van der Waals surface area contributed by atoms with Crippen molar-refractivity contribution in [3.8, 4) is 0 Å². The van der Waals surface area contributed by atoms with Crippen LogP contribution in [-0.2, 0) is 27.4 Å². The fraction of sp³-hybridized carbons (Fsp3) is 0.571. The Hall–Kier alpha value is -2.29. The zero-order valence-electron chi connectivity index (χ0n) is 16.8. The molecule has 29 heavy (non-hydrogen) atoms. The van der Waals surface area contributed by atoms with E-state index in [0.29, 0.717) is 31.7 Å². The van der Waals surface area contributed by atoms with E-state index in [0.717, 1.165) is 37.1 Å². The lowest BCUT2D eigenvalue weighted by atomic mass is 9.94. The molecule has 2 fully saturated rings. The fourth-order valence-corrected chi connectivity index (χ4v) is 4.50. The van der Waals surface area contributed by atoms with Crippen LogP contribution in [0.3, 0.4) is 0 Å². The van der Waals surface area contributed by atoms with Gasteiger partial charge in [0.25, 0.3) is 5.91 Å². The SMILES string of the molecule is COCCC1(NCc2ccc3c(c2)C(=O)N(C2CCC(=O)NC2=O)C3)CCNC1. The van der Waals surface area contributed by atoms with Gasteiger partial charge in [-0.3, -0.25) is 19.7 Å². The van der Waals surface area contributed by atoms with Crippen molar-refractivity contribution in [3.63, 3.8) is 0 Å². The van der Waals surface area contributed by atoms with Crippen LogP contribution in [-0.4, -0.2) is 61.0 Å². The summed E-state index contributed by atoms with van der Waals surface area (Å²) < 4.78 is 5.27. The minimum absolute atomic E-state index is 0.0117. The maximum atomic E-state index is 13.0. The van der Waals surface area contributed by atoms with Crippen molar-refractivity contribution < 1.29 is 19.1 Å². The van der Waals surface area contributed by atoms with Crippen LogP contribution >= 0.6 is 0 Å². The number of imide groups is 1. The Morgan fingerprint density at radius 3 is 2.90 bits per heavy atom. The Morgan fingerprint density at radius 1 is 1.31 bits per heavy atom. The van der Waals surface area contributed by atoms with Gasteiger partial charge in [-0.15, -0.1) is 0 Å². The second-order valence-electron chi connectivity index (χ2n) is 8.19. The molecule has 3 aliphatic heterocycles. The topological polar surface area (TPSA) is 99.8 Å². The van der Waals surface area contributed by atoms with Crippen molar-refractivity contribution >= 4 is 17.7 Å². The molecular weight excluding hydrogens is 372 g/mol. The number of nitrogens with zero attached hydrogens (tertiary/aromatic N) is 1. The predicted molar refractivity (Wildman–Crippen MR) is 106 cm³/mol. The van der Waals surface area contributed by atoms with Crippen molar-refractivity contribution in [1.29, 1.82) is 0 Å². The summed E-state index contributed by atoms with van der Waals surface area (Å²) in [4.78, 5) is 38.1. The minimum Gasteiger partial charge on any atom is -0.385 e. The van der Waals surface area contributed by atoms with E-state index in [2.05, 4.69) is 16.0 Å². The number of ether oxygens (including phenoxy) is 1. The third kappa shape index (κ3) is 4.05.